The van der Waals surface area contributed by atoms with Gasteiger partial charge in [0.15, 0.2) is 18.5 Å². The van der Waals surface area contributed by atoms with E-state index in [9.17, 15) is 39.9 Å². The van der Waals surface area contributed by atoms with Crippen LogP contribution < -0.4 is 0 Å². The van der Waals surface area contributed by atoms with Gasteiger partial charge in [0.2, 0.25) is 5.79 Å². The molecular weight excluding hydrogens is 476 g/mol. The fraction of sp³-hybridized carbons (Fsp3) is 0.571. The van der Waals surface area contributed by atoms with E-state index < -0.39 is 92.5 Å². The van der Waals surface area contributed by atoms with Gasteiger partial charge >= 0.3 is 17.9 Å². The topological polar surface area (TPSA) is 208 Å². The quantitative estimate of drug-likeness (QED) is 0.107. The molecule has 5 N–H and O–H groups in total. The van der Waals surface area contributed by atoms with E-state index in [1.807, 2.05) is 0 Å². The molecule has 2 aliphatic rings. The molecule has 2 saturated heterocycles. The predicted molar refractivity (Wildman–Crippen MR) is 111 cm³/mol. The summed E-state index contributed by atoms with van der Waals surface area (Å²) < 4.78 is 32.2. The molecule has 0 bridgehead atoms. The first kappa shape index (κ1) is 28.5. The average Bonchev–Trinajstić information content (AvgIpc) is 3.14. The normalized spacial score (nSPS) is 36.6. The molecular formula is C21H28O14. The Hall–Kier alpha value is -2.69. The second kappa shape index (κ2) is 12.3. The van der Waals surface area contributed by atoms with Gasteiger partial charge in [0, 0.05) is 18.2 Å². The van der Waals surface area contributed by atoms with E-state index in [4.69, 9.17) is 28.4 Å². The maximum absolute atomic E-state index is 12.1. The van der Waals surface area contributed by atoms with Gasteiger partial charge in [0.1, 0.15) is 37.1 Å². The van der Waals surface area contributed by atoms with Crippen molar-refractivity contribution >= 4 is 17.9 Å². The van der Waals surface area contributed by atoms with Crippen molar-refractivity contribution in [3.8, 4) is 0 Å². The summed E-state index contributed by atoms with van der Waals surface area (Å²) in [5.41, 5.74) is 0. The molecule has 0 spiro atoms. The van der Waals surface area contributed by atoms with Crippen molar-refractivity contribution < 1.29 is 68.3 Å². The molecule has 0 aromatic rings. The molecule has 9 atom stereocenters. The van der Waals surface area contributed by atoms with E-state index in [2.05, 4.69) is 19.7 Å². The molecule has 14 heteroatoms. The van der Waals surface area contributed by atoms with Gasteiger partial charge in [0.25, 0.3) is 0 Å². The van der Waals surface area contributed by atoms with E-state index in [0.29, 0.717) is 0 Å². The third kappa shape index (κ3) is 6.31. The van der Waals surface area contributed by atoms with E-state index in [-0.39, 0.29) is 0 Å². The highest BCUT2D eigenvalue weighted by Gasteiger charge is 2.63. The number of esters is 3. The maximum atomic E-state index is 12.1. The van der Waals surface area contributed by atoms with Gasteiger partial charge in [-0.1, -0.05) is 19.7 Å². The third-order valence-corrected chi connectivity index (χ3v) is 5.20. The number of carbonyl (C=O) groups excluding carboxylic acids is 3. The van der Waals surface area contributed by atoms with Gasteiger partial charge in [-0.05, 0) is 0 Å². The highest BCUT2D eigenvalue weighted by Crippen LogP contribution is 2.40. The van der Waals surface area contributed by atoms with Crippen molar-refractivity contribution in [2.24, 2.45) is 0 Å². The second-order valence-corrected chi connectivity index (χ2v) is 7.44. The summed E-state index contributed by atoms with van der Waals surface area (Å²) in [6.45, 7) is 7.27. The molecule has 14 nitrogen and oxygen atoms in total. The minimum Gasteiger partial charge on any atom is -0.457 e. The van der Waals surface area contributed by atoms with E-state index in [0.717, 1.165) is 18.2 Å². The molecule has 0 unspecified atom stereocenters. The first-order valence-corrected chi connectivity index (χ1v) is 10.3. The third-order valence-electron chi connectivity index (χ3n) is 5.20. The number of rotatable bonds is 11. The number of aliphatic hydroxyl groups is 5. The molecule has 0 saturated carbocycles. The molecule has 0 aromatic carbocycles. The summed E-state index contributed by atoms with van der Waals surface area (Å²) in [5, 5.41) is 49.8. The first-order chi connectivity index (χ1) is 16.6. The van der Waals surface area contributed by atoms with Crippen molar-refractivity contribution in [2.75, 3.05) is 19.8 Å². The Labute approximate surface area is 199 Å². The highest BCUT2D eigenvalue weighted by atomic mass is 16.8. The summed E-state index contributed by atoms with van der Waals surface area (Å²) in [5.74, 6) is -5.45. The van der Waals surface area contributed by atoms with Gasteiger partial charge in [-0.3, -0.25) is 0 Å². The molecule has 2 heterocycles. The second-order valence-electron chi connectivity index (χ2n) is 7.44. The zero-order valence-corrected chi connectivity index (χ0v) is 18.5. The van der Waals surface area contributed by atoms with Gasteiger partial charge in [0.05, 0.1) is 13.2 Å². The van der Waals surface area contributed by atoms with Crippen LogP contribution in [0.25, 0.3) is 0 Å². The standard InChI is InChI=1S/C21H28O14/c1-4-12(24)30-9-21(35-20-17(29)16(28)15(27)10(7-22)31-20)19(33-14(26)6-3)18(11(8-23)34-21)32-13(25)5-2/h4-6,10-11,15-20,22-23,27-29H,1-3,7-9H2/t10-,11-,15-,16+,17-,18-,19+,20-,21+/m1/s1. The Morgan fingerprint density at radius 2 is 1.40 bits per heavy atom. The number of hydrogen-bond donors (Lipinski definition) is 5. The Balaban J connectivity index is 2.54. The van der Waals surface area contributed by atoms with Crippen molar-refractivity contribution in [1.29, 1.82) is 0 Å². The lowest BCUT2D eigenvalue weighted by molar-refractivity contribution is -0.383. The van der Waals surface area contributed by atoms with Gasteiger partial charge < -0.3 is 54.0 Å². The van der Waals surface area contributed by atoms with Crippen molar-refractivity contribution in [1.82, 2.24) is 0 Å². The summed E-state index contributed by atoms with van der Waals surface area (Å²) >= 11 is 0. The predicted octanol–water partition coefficient (Wildman–Crippen LogP) is -3.18. The minimum absolute atomic E-state index is 0.757. The first-order valence-electron chi connectivity index (χ1n) is 10.3. The molecule has 35 heavy (non-hydrogen) atoms. The molecule has 0 radical (unpaired) electrons. The molecule has 196 valence electrons. The van der Waals surface area contributed by atoms with Crippen LogP contribution in [0.15, 0.2) is 38.0 Å². The zero-order valence-electron chi connectivity index (χ0n) is 18.5. The number of aliphatic hydroxyl groups excluding tert-OH is 5. The van der Waals surface area contributed by atoms with Crippen LogP contribution in [0.3, 0.4) is 0 Å². The summed E-state index contributed by atoms with van der Waals surface area (Å²) in [7, 11) is 0. The highest BCUT2D eigenvalue weighted by molar-refractivity contribution is 5.82. The molecule has 0 aromatic heterocycles. The zero-order chi connectivity index (χ0) is 26.3. The van der Waals surface area contributed by atoms with Gasteiger partial charge in [-0.2, -0.15) is 0 Å². The average molecular weight is 504 g/mol. The van der Waals surface area contributed by atoms with Crippen molar-refractivity contribution in [3.05, 3.63) is 38.0 Å². The fourth-order valence-corrected chi connectivity index (χ4v) is 3.46. The number of hydrogen-bond acceptors (Lipinski definition) is 14. The van der Waals surface area contributed by atoms with Crippen LogP contribution in [0.2, 0.25) is 0 Å². The lowest BCUT2D eigenvalue weighted by atomic mass is 9.99. The van der Waals surface area contributed by atoms with Crippen LogP contribution in [-0.4, -0.2) is 118 Å². The summed E-state index contributed by atoms with van der Waals surface area (Å²) in [6.07, 6.45) is -11.2. The van der Waals surface area contributed by atoms with Crippen LogP contribution in [0, 0.1) is 0 Å². The molecule has 2 aliphatic heterocycles. The molecule has 2 rings (SSSR count). The van der Waals surface area contributed by atoms with Crippen LogP contribution in [0.5, 0.6) is 0 Å². The molecule has 0 amide bonds. The van der Waals surface area contributed by atoms with Crippen LogP contribution in [0.4, 0.5) is 0 Å². The van der Waals surface area contributed by atoms with Gasteiger partial charge in [-0.25, -0.2) is 14.4 Å². The molecule has 0 aliphatic carbocycles. The lowest BCUT2D eigenvalue weighted by Gasteiger charge is -2.43. The Morgan fingerprint density at radius 1 is 0.829 bits per heavy atom. The van der Waals surface area contributed by atoms with Crippen molar-refractivity contribution in [3.63, 3.8) is 0 Å². The maximum Gasteiger partial charge on any atom is 0.330 e. The van der Waals surface area contributed by atoms with E-state index in [1.54, 1.807) is 0 Å². The fourth-order valence-electron chi connectivity index (χ4n) is 3.46. The molecule has 2 fully saturated rings. The van der Waals surface area contributed by atoms with Crippen LogP contribution in [0.1, 0.15) is 0 Å². The Kier molecular flexibility index (Phi) is 10.1. The van der Waals surface area contributed by atoms with Crippen LogP contribution >= 0.6 is 0 Å². The monoisotopic (exact) mass is 504 g/mol. The van der Waals surface area contributed by atoms with Crippen LogP contribution in [-0.2, 0) is 42.8 Å². The van der Waals surface area contributed by atoms with E-state index in [1.165, 1.54) is 0 Å². The van der Waals surface area contributed by atoms with Crippen molar-refractivity contribution in [2.45, 2.75) is 54.8 Å². The summed E-state index contributed by atoms with van der Waals surface area (Å²) in [4.78, 5) is 35.8. The SMILES string of the molecule is C=CC(=O)OC[C@@]1(O[C@H]2O[C@H](CO)[C@@H](O)[C@H](O)[C@H]2O)O[C@H](CO)[C@@H](OC(=O)C=C)[C@@H]1OC(=O)C=C. The largest absolute Gasteiger partial charge is 0.457 e. The smallest absolute Gasteiger partial charge is 0.330 e. The van der Waals surface area contributed by atoms with E-state index >= 15 is 0 Å². The Morgan fingerprint density at radius 3 is 1.94 bits per heavy atom. The summed E-state index contributed by atoms with van der Waals surface area (Å²) in [6, 6.07) is 0. The van der Waals surface area contributed by atoms with Gasteiger partial charge in [-0.15, -0.1) is 0 Å². The number of carbonyl (C=O) groups is 3. The lowest BCUT2D eigenvalue weighted by Crippen LogP contribution is -2.63. The number of ether oxygens (including phenoxy) is 6. The Bertz CT molecular complexity index is 812. The minimum atomic E-state index is -2.41.